The van der Waals surface area contributed by atoms with E-state index in [0.29, 0.717) is 11.3 Å². The number of aromatic nitrogens is 1. The van der Waals surface area contributed by atoms with Crippen molar-refractivity contribution < 1.29 is 4.52 Å². The van der Waals surface area contributed by atoms with Crippen LogP contribution in [0.5, 0.6) is 0 Å². The van der Waals surface area contributed by atoms with Crippen molar-refractivity contribution in [1.82, 2.24) is 5.16 Å². The zero-order valence-electron chi connectivity index (χ0n) is 9.53. The SMILES string of the molecule is Cc1cc(C)c(-c2nocc2C#N)c(C)c1. The summed E-state index contributed by atoms with van der Waals surface area (Å²) in [5.41, 5.74) is 5.55. The van der Waals surface area contributed by atoms with Gasteiger partial charge in [-0.1, -0.05) is 22.9 Å². The quantitative estimate of drug-likeness (QED) is 0.729. The highest BCUT2D eigenvalue weighted by atomic mass is 16.5. The Morgan fingerprint density at radius 3 is 2.38 bits per heavy atom. The number of hydrogen-bond acceptors (Lipinski definition) is 3. The topological polar surface area (TPSA) is 49.8 Å². The third-order valence-corrected chi connectivity index (χ3v) is 2.60. The molecule has 2 aromatic rings. The first-order valence-corrected chi connectivity index (χ1v) is 5.06. The van der Waals surface area contributed by atoms with E-state index in [-0.39, 0.29) is 0 Å². The fraction of sp³-hybridized carbons (Fsp3) is 0.231. The van der Waals surface area contributed by atoms with Crippen LogP contribution in [0.4, 0.5) is 0 Å². The second-order valence-electron chi connectivity index (χ2n) is 3.96. The number of nitriles is 1. The highest BCUT2D eigenvalue weighted by Crippen LogP contribution is 2.29. The molecule has 0 bridgehead atoms. The Kier molecular flexibility index (Phi) is 2.49. The number of nitrogens with zero attached hydrogens (tertiary/aromatic N) is 2. The van der Waals surface area contributed by atoms with Crippen LogP contribution in [0.2, 0.25) is 0 Å². The van der Waals surface area contributed by atoms with Crippen LogP contribution in [0.25, 0.3) is 11.3 Å². The summed E-state index contributed by atoms with van der Waals surface area (Å²) in [7, 11) is 0. The molecule has 0 saturated carbocycles. The van der Waals surface area contributed by atoms with E-state index in [9.17, 15) is 0 Å². The molecule has 0 N–H and O–H groups in total. The van der Waals surface area contributed by atoms with E-state index in [1.165, 1.54) is 11.8 Å². The van der Waals surface area contributed by atoms with Gasteiger partial charge in [0, 0.05) is 5.56 Å². The standard InChI is InChI=1S/C13H12N2O/c1-8-4-9(2)12(10(3)5-8)13-11(6-14)7-16-15-13/h4-5,7H,1-3H3. The van der Waals surface area contributed by atoms with Crippen molar-refractivity contribution in [2.75, 3.05) is 0 Å². The minimum atomic E-state index is 0.482. The van der Waals surface area contributed by atoms with Gasteiger partial charge in [0.25, 0.3) is 0 Å². The largest absolute Gasteiger partial charge is 0.363 e. The van der Waals surface area contributed by atoms with Gasteiger partial charge in [-0.15, -0.1) is 0 Å². The van der Waals surface area contributed by atoms with Crippen LogP contribution < -0.4 is 0 Å². The van der Waals surface area contributed by atoms with Crippen molar-refractivity contribution in [3.8, 4) is 17.3 Å². The highest BCUT2D eigenvalue weighted by Gasteiger charge is 2.14. The van der Waals surface area contributed by atoms with Gasteiger partial charge in [-0.05, 0) is 31.9 Å². The molecule has 16 heavy (non-hydrogen) atoms. The van der Waals surface area contributed by atoms with Gasteiger partial charge in [-0.3, -0.25) is 0 Å². The van der Waals surface area contributed by atoms with E-state index >= 15 is 0 Å². The lowest BCUT2D eigenvalue weighted by Gasteiger charge is -2.08. The maximum atomic E-state index is 8.96. The Morgan fingerprint density at radius 1 is 1.19 bits per heavy atom. The van der Waals surface area contributed by atoms with E-state index in [0.717, 1.165) is 16.7 Å². The summed E-state index contributed by atoms with van der Waals surface area (Å²) in [6.07, 6.45) is 1.38. The van der Waals surface area contributed by atoms with Crippen LogP contribution >= 0.6 is 0 Å². The van der Waals surface area contributed by atoms with Crippen molar-refractivity contribution in [3.63, 3.8) is 0 Å². The molecular weight excluding hydrogens is 200 g/mol. The summed E-state index contributed by atoms with van der Waals surface area (Å²) in [5.74, 6) is 0. The zero-order valence-corrected chi connectivity index (χ0v) is 9.53. The van der Waals surface area contributed by atoms with Gasteiger partial charge in [0.1, 0.15) is 23.6 Å². The third kappa shape index (κ3) is 1.59. The fourth-order valence-electron chi connectivity index (χ4n) is 2.05. The minimum Gasteiger partial charge on any atom is -0.363 e. The Bertz CT molecular complexity index is 553. The molecule has 1 aromatic carbocycles. The molecule has 0 radical (unpaired) electrons. The van der Waals surface area contributed by atoms with Gasteiger partial charge in [-0.2, -0.15) is 5.26 Å². The molecule has 80 valence electrons. The summed E-state index contributed by atoms with van der Waals surface area (Å²) < 4.78 is 4.86. The van der Waals surface area contributed by atoms with Gasteiger partial charge in [0.2, 0.25) is 0 Å². The second-order valence-corrected chi connectivity index (χ2v) is 3.96. The Balaban J connectivity index is 2.70. The van der Waals surface area contributed by atoms with E-state index < -0.39 is 0 Å². The fourth-order valence-corrected chi connectivity index (χ4v) is 2.05. The lowest BCUT2D eigenvalue weighted by atomic mass is 9.96. The molecule has 0 spiro atoms. The number of hydrogen-bond donors (Lipinski definition) is 0. The van der Waals surface area contributed by atoms with Crippen LogP contribution in [0.1, 0.15) is 22.3 Å². The summed E-state index contributed by atoms with van der Waals surface area (Å²) in [5, 5.41) is 12.9. The van der Waals surface area contributed by atoms with E-state index in [1.807, 2.05) is 13.8 Å². The van der Waals surface area contributed by atoms with E-state index in [1.54, 1.807) is 0 Å². The zero-order chi connectivity index (χ0) is 11.7. The normalized spacial score (nSPS) is 10.1. The van der Waals surface area contributed by atoms with Crippen LogP contribution in [-0.2, 0) is 0 Å². The molecule has 0 unspecified atom stereocenters. The molecule has 3 heteroatoms. The smallest absolute Gasteiger partial charge is 0.142 e. The monoisotopic (exact) mass is 212 g/mol. The molecule has 1 heterocycles. The molecule has 0 aliphatic heterocycles. The molecule has 0 saturated heterocycles. The van der Waals surface area contributed by atoms with Gasteiger partial charge < -0.3 is 4.52 Å². The highest BCUT2D eigenvalue weighted by molar-refractivity contribution is 5.72. The molecule has 0 atom stereocenters. The molecular formula is C13H12N2O. The lowest BCUT2D eigenvalue weighted by molar-refractivity contribution is 0.422. The van der Waals surface area contributed by atoms with Crippen LogP contribution in [-0.4, -0.2) is 5.16 Å². The predicted octanol–water partition coefficient (Wildman–Crippen LogP) is 3.14. The maximum absolute atomic E-state index is 8.96. The molecule has 0 aliphatic carbocycles. The van der Waals surface area contributed by atoms with E-state index in [2.05, 4.69) is 30.3 Å². The lowest BCUT2D eigenvalue weighted by Crippen LogP contribution is -1.91. The first-order chi connectivity index (χ1) is 7.63. The minimum absolute atomic E-state index is 0.482. The van der Waals surface area contributed by atoms with Crippen molar-refractivity contribution in [2.24, 2.45) is 0 Å². The molecule has 0 aliphatic rings. The number of rotatable bonds is 1. The maximum Gasteiger partial charge on any atom is 0.142 e. The number of benzene rings is 1. The van der Waals surface area contributed by atoms with Crippen molar-refractivity contribution in [3.05, 3.63) is 40.6 Å². The summed E-state index contributed by atoms with van der Waals surface area (Å²) >= 11 is 0. The summed E-state index contributed by atoms with van der Waals surface area (Å²) in [6.45, 7) is 6.09. The van der Waals surface area contributed by atoms with Gasteiger partial charge >= 0.3 is 0 Å². The van der Waals surface area contributed by atoms with Crippen molar-refractivity contribution >= 4 is 0 Å². The predicted molar refractivity (Wildman–Crippen MR) is 60.9 cm³/mol. The molecule has 2 rings (SSSR count). The van der Waals surface area contributed by atoms with Gasteiger partial charge in [-0.25, -0.2) is 0 Å². The second kappa shape index (κ2) is 3.82. The van der Waals surface area contributed by atoms with Crippen LogP contribution in [0.3, 0.4) is 0 Å². The van der Waals surface area contributed by atoms with Gasteiger partial charge in [0.05, 0.1) is 0 Å². The molecule has 0 fully saturated rings. The van der Waals surface area contributed by atoms with Crippen molar-refractivity contribution in [1.29, 1.82) is 5.26 Å². The number of aryl methyl sites for hydroxylation is 3. The average Bonchev–Trinajstić information content (AvgIpc) is 2.64. The first kappa shape index (κ1) is 10.4. The summed E-state index contributed by atoms with van der Waals surface area (Å²) in [4.78, 5) is 0. The van der Waals surface area contributed by atoms with E-state index in [4.69, 9.17) is 9.78 Å². The molecule has 1 aromatic heterocycles. The van der Waals surface area contributed by atoms with Crippen LogP contribution in [0.15, 0.2) is 22.9 Å². The average molecular weight is 212 g/mol. The Morgan fingerprint density at radius 2 is 1.81 bits per heavy atom. The first-order valence-electron chi connectivity index (χ1n) is 5.06. The van der Waals surface area contributed by atoms with Gasteiger partial charge in [0.15, 0.2) is 0 Å². The molecule has 3 nitrogen and oxygen atoms in total. The van der Waals surface area contributed by atoms with Crippen LogP contribution in [0, 0.1) is 32.1 Å². The summed E-state index contributed by atoms with van der Waals surface area (Å²) in [6, 6.07) is 6.25. The molecule has 0 amide bonds. The van der Waals surface area contributed by atoms with Crippen molar-refractivity contribution in [2.45, 2.75) is 20.8 Å². The Hall–Kier alpha value is -2.08. The third-order valence-electron chi connectivity index (χ3n) is 2.60. The Labute approximate surface area is 94.3 Å².